The van der Waals surface area contributed by atoms with Crippen molar-refractivity contribution >= 4 is 33.1 Å². The third-order valence-electron chi connectivity index (χ3n) is 6.56. The number of nitrogens with zero attached hydrogens (tertiary/aromatic N) is 1. The summed E-state index contributed by atoms with van der Waals surface area (Å²) in [5.74, 6) is -0.0166. The molecule has 28 heavy (non-hydrogen) atoms. The highest BCUT2D eigenvalue weighted by Gasteiger charge is 2.51. The second kappa shape index (κ2) is 6.68. The molecule has 0 radical (unpaired) electrons. The minimum atomic E-state index is -0.315. The van der Waals surface area contributed by atoms with Crippen LogP contribution in [0.25, 0.3) is 20.8 Å². The zero-order valence-electron chi connectivity index (χ0n) is 16.9. The number of carbonyl (C=O) groups is 1. The molecule has 3 aromatic rings. The summed E-state index contributed by atoms with van der Waals surface area (Å²) in [4.78, 5) is 17.6. The number of anilines is 1. The summed E-state index contributed by atoms with van der Waals surface area (Å²) in [5, 5.41) is 4.07. The Labute approximate surface area is 170 Å². The largest absolute Gasteiger partial charge is 0.326 e. The summed E-state index contributed by atoms with van der Waals surface area (Å²) in [6.07, 6.45) is 1.70. The summed E-state index contributed by atoms with van der Waals surface area (Å²) >= 11 is 1.69. The fraction of sp³-hybridized carbons (Fsp3) is 0.391. The number of benzene rings is 2. The van der Waals surface area contributed by atoms with E-state index in [0.717, 1.165) is 34.6 Å². The molecule has 1 heterocycles. The molecule has 4 nitrogen and oxygen atoms in total. The summed E-state index contributed by atoms with van der Waals surface area (Å²) in [7, 11) is 0. The lowest BCUT2D eigenvalue weighted by molar-refractivity contribution is -0.123. The number of fused-ring (bicyclic) bond motifs is 1. The van der Waals surface area contributed by atoms with Gasteiger partial charge in [-0.2, -0.15) is 0 Å². The van der Waals surface area contributed by atoms with Gasteiger partial charge in [-0.3, -0.25) is 4.79 Å². The zero-order chi connectivity index (χ0) is 20.1. The molecule has 3 N–H and O–H groups in total. The van der Waals surface area contributed by atoms with Crippen LogP contribution in [0.3, 0.4) is 0 Å². The van der Waals surface area contributed by atoms with Crippen molar-refractivity contribution in [1.29, 1.82) is 0 Å². The smallest absolute Gasteiger partial charge is 0.228 e. The quantitative estimate of drug-likeness (QED) is 0.629. The van der Waals surface area contributed by atoms with Crippen LogP contribution in [-0.2, 0) is 4.79 Å². The molecule has 0 aliphatic heterocycles. The van der Waals surface area contributed by atoms with Crippen LogP contribution in [-0.4, -0.2) is 16.4 Å². The molecule has 1 fully saturated rings. The Kier molecular flexibility index (Phi) is 4.55. The number of aromatic nitrogens is 1. The first kappa shape index (κ1) is 19.1. The molecule has 146 valence electrons. The van der Waals surface area contributed by atoms with E-state index >= 15 is 0 Å². The van der Waals surface area contributed by atoms with E-state index in [1.165, 1.54) is 10.3 Å². The molecule has 5 heteroatoms. The molecule has 2 unspecified atom stereocenters. The van der Waals surface area contributed by atoms with Crippen molar-refractivity contribution in [2.24, 2.45) is 17.1 Å². The van der Waals surface area contributed by atoms with Gasteiger partial charge < -0.3 is 11.1 Å². The van der Waals surface area contributed by atoms with Gasteiger partial charge in [0, 0.05) is 22.7 Å². The van der Waals surface area contributed by atoms with Crippen LogP contribution in [0.2, 0.25) is 0 Å². The third kappa shape index (κ3) is 3.23. The zero-order valence-corrected chi connectivity index (χ0v) is 17.7. The number of hydrogen-bond donors (Lipinski definition) is 2. The molecule has 0 saturated heterocycles. The van der Waals surface area contributed by atoms with Crippen LogP contribution < -0.4 is 11.1 Å². The highest BCUT2D eigenvalue weighted by Crippen LogP contribution is 2.48. The molecule has 0 spiro atoms. The predicted octanol–water partition coefficient (Wildman–Crippen LogP) is 5.36. The monoisotopic (exact) mass is 393 g/mol. The third-order valence-corrected chi connectivity index (χ3v) is 7.62. The first-order chi connectivity index (χ1) is 13.2. The van der Waals surface area contributed by atoms with Gasteiger partial charge in [-0.25, -0.2) is 4.98 Å². The van der Waals surface area contributed by atoms with Crippen LogP contribution in [0.15, 0.2) is 42.5 Å². The van der Waals surface area contributed by atoms with Gasteiger partial charge in [0.25, 0.3) is 0 Å². The SMILES string of the molecule is Cc1ccc2nc(-c3ccc(NC(=O)C4CCC(C)(N)C4(C)C)cc3)sc2c1. The van der Waals surface area contributed by atoms with Crippen LogP contribution in [0.4, 0.5) is 5.69 Å². The van der Waals surface area contributed by atoms with Gasteiger partial charge >= 0.3 is 0 Å². The topological polar surface area (TPSA) is 68.0 Å². The van der Waals surface area contributed by atoms with E-state index in [1.807, 2.05) is 24.3 Å². The number of hydrogen-bond acceptors (Lipinski definition) is 4. The van der Waals surface area contributed by atoms with Gasteiger partial charge in [-0.1, -0.05) is 19.9 Å². The Morgan fingerprint density at radius 3 is 2.54 bits per heavy atom. The number of aryl methyl sites for hydroxylation is 1. The minimum Gasteiger partial charge on any atom is -0.326 e. The number of rotatable bonds is 3. The molecule has 2 atom stereocenters. The van der Waals surface area contributed by atoms with Crippen molar-refractivity contribution in [3.63, 3.8) is 0 Å². The Hall–Kier alpha value is -2.24. The van der Waals surface area contributed by atoms with E-state index in [1.54, 1.807) is 11.3 Å². The van der Waals surface area contributed by atoms with Crippen molar-refractivity contribution in [2.75, 3.05) is 5.32 Å². The van der Waals surface area contributed by atoms with E-state index in [0.29, 0.717) is 0 Å². The van der Waals surface area contributed by atoms with E-state index in [9.17, 15) is 4.79 Å². The highest BCUT2D eigenvalue weighted by atomic mass is 32.1. The number of thiazole rings is 1. The molecular formula is C23H27N3OS. The Morgan fingerprint density at radius 2 is 1.89 bits per heavy atom. The van der Waals surface area contributed by atoms with E-state index in [2.05, 4.69) is 51.2 Å². The molecule has 1 aromatic heterocycles. The van der Waals surface area contributed by atoms with Crippen molar-refractivity contribution in [3.8, 4) is 10.6 Å². The number of amides is 1. The van der Waals surface area contributed by atoms with Crippen molar-refractivity contribution in [2.45, 2.75) is 46.1 Å². The maximum atomic E-state index is 12.8. The minimum absolute atomic E-state index is 0.0578. The first-order valence-electron chi connectivity index (χ1n) is 9.75. The number of carbonyl (C=O) groups excluding carboxylic acids is 1. The summed E-state index contributed by atoms with van der Waals surface area (Å²) in [6.45, 7) is 8.34. The summed E-state index contributed by atoms with van der Waals surface area (Å²) < 4.78 is 1.20. The molecule has 1 aliphatic carbocycles. The van der Waals surface area contributed by atoms with E-state index < -0.39 is 0 Å². The highest BCUT2D eigenvalue weighted by molar-refractivity contribution is 7.21. The predicted molar refractivity (Wildman–Crippen MR) is 118 cm³/mol. The fourth-order valence-electron chi connectivity index (χ4n) is 4.06. The van der Waals surface area contributed by atoms with Gasteiger partial charge in [-0.15, -0.1) is 11.3 Å². The molecule has 1 saturated carbocycles. The fourth-order valence-corrected chi connectivity index (χ4v) is 5.13. The average molecular weight is 394 g/mol. The van der Waals surface area contributed by atoms with Crippen LogP contribution in [0, 0.1) is 18.3 Å². The van der Waals surface area contributed by atoms with Gasteiger partial charge in [0.1, 0.15) is 5.01 Å². The Bertz CT molecular complexity index is 1030. The standard InChI is InChI=1S/C23H27N3OS/c1-14-5-10-18-19(13-14)28-21(26-18)15-6-8-16(9-7-15)25-20(27)17-11-12-23(4,24)22(17,2)3/h5-10,13,17H,11-12,24H2,1-4H3,(H,25,27). The maximum absolute atomic E-state index is 12.8. The molecule has 2 aromatic carbocycles. The Balaban J connectivity index is 1.51. The lowest BCUT2D eigenvalue weighted by Crippen LogP contribution is -2.50. The van der Waals surface area contributed by atoms with Crippen LogP contribution in [0.5, 0.6) is 0 Å². The summed E-state index contributed by atoms with van der Waals surface area (Å²) in [5.41, 5.74) is 10.0. The normalized spacial score (nSPS) is 23.8. The second-order valence-corrected chi connectivity index (χ2v) is 9.82. The molecule has 1 amide bonds. The first-order valence-corrected chi connectivity index (χ1v) is 10.6. The van der Waals surface area contributed by atoms with E-state index in [-0.39, 0.29) is 22.8 Å². The van der Waals surface area contributed by atoms with Crippen molar-refractivity contribution in [1.82, 2.24) is 4.98 Å². The number of nitrogens with one attached hydrogen (secondary N) is 1. The van der Waals surface area contributed by atoms with Crippen LogP contribution >= 0.6 is 11.3 Å². The van der Waals surface area contributed by atoms with Gasteiger partial charge in [0.2, 0.25) is 5.91 Å². The lowest BCUT2D eigenvalue weighted by Gasteiger charge is -2.38. The van der Waals surface area contributed by atoms with Gasteiger partial charge in [0.15, 0.2) is 0 Å². The molecular weight excluding hydrogens is 366 g/mol. The van der Waals surface area contributed by atoms with Gasteiger partial charge in [-0.05, 0) is 74.1 Å². The van der Waals surface area contributed by atoms with E-state index in [4.69, 9.17) is 10.7 Å². The van der Waals surface area contributed by atoms with Crippen LogP contribution in [0.1, 0.15) is 39.2 Å². The Morgan fingerprint density at radius 1 is 1.18 bits per heavy atom. The molecule has 0 bridgehead atoms. The lowest BCUT2D eigenvalue weighted by atomic mass is 9.71. The maximum Gasteiger partial charge on any atom is 0.228 e. The molecule has 4 rings (SSSR count). The number of nitrogens with two attached hydrogens (primary N) is 1. The van der Waals surface area contributed by atoms with Gasteiger partial charge in [0.05, 0.1) is 10.2 Å². The second-order valence-electron chi connectivity index (χ2n) is 8.79. The van der Waals surface area contributed by atoms with Crippen molar-refractivity contribution < 1.29 is 4.79 Å². The van der Waals surface area contributed by atoms with Crippen molar-refractivity contribution in [3.05, 3.63) is 48.0 Å². The summed E-state index contributed by atoms with van der Waals surface area (Å²) in [6, 6.07) is 14.3. The average Bonchev–Trinajstić information content (AvgIpc) is 3.13. The molecule has 1 aliphatic rings.